The average Bonchev–Trinajstić information content (AvgIpc) is 2.37. The highest BCUT2D eigenvalue weighted by molar-refractivity contribution is 5.46. The Labute approximate surface area is 115 Å². The highest BCUT2D eigenvalue weighted by Crippen LogP contribution is 2.32. The van der Waals surface area contributed by atoms with Gasteiger partial charge in [-0.15, -0.1) is 0 Å². The van der Waals surface area contributed by atoms with Gasteiger partial charge in [0.25, 0.3) is 0 Å². The van der Waals surface area contributed by atoms with Gasteiger partial charge in [0, 0.05) is 25.8 Å². The summed E-state index contributed by atoms with van der Waals surface area (Å²) < 4.78 is 10.8. The van der Waals surface area contributed by atoms with Crippen molar-refractivity contribution in [1.29, 1.82) is 0 Å². The Morgan fingerprint density at radius 1 is 1.21 bits per heavy atom. The molecule has 0 atom stereocenters. The molecule has 1 aromatic rings. The summed E-state index contributed by atoms with van der Waals surface area (Å²) >= 11 is 0. The van der Waals surface area contributed by atoms with Crippen molar-refractivity contribution >= 4 is 0 Å². The van der Waals surface area contributed by atoms with Gasteiger partial charge in [-0.05, 0) is 30.5 Å². The van der Waals surface area contributed by atoms with Gasteiger partial charge in [0.05, 0.1) is 6.61 Å². The Kier molecular flexibility index (Phi) is 6.67. The molecule has 0 bridgehead atoms. The molecule has 0 aliphatic rings. The fraction of sp³-hybridized carbons (Fsp3) is 0.600. The van der Waals surface area contributed by atoms with Crippen molar-refractivity contribution in [3.63, 3.8) is 0 Å². The van der Waals surface area contributed by atoms with Crippen molar-refractivity contribution in [1.82, 2.24) is 5.32 Å². The van der Waals surface area contributed by atoms with Crippen molar-refractivity contribution in [3.05, 3.63) is 23.3 Å². The number of methoxy groups -OCH3 is 1. The maximum Gasteiger partial charge on any atom is 0.123 e. The molecule has 0 aliphatic heterocycles. The molecule has 1 rings (SSSR count). The van der Waals surface area contributed by atoms with E-state index in [1.54, 1.807) is 13.2 Å². The predicted molar refractivity (Wildman–Crippen MR) is 77.2 cm³/mol. The highest BCUT2D eigenvalue weighted by atomic mass is 16.5. The zero-order valence-electron chi connectivity index (χ0n) is 12.3. The number of phenols is 1. The van der Waals surface area contributed by atoms with Crippen LogP contribution in [0.1, 0.15) is 30.9 Å². The smallest absolute Gasteiger partial charge is 0.123 e. The van der Waals surface area contributed by atoms with Crippen LogP contribution in [-0.2, 0) is 4.74 Å². The predicted octanol–water partition coefficient (Wildman–Crippen LogP) is 2.44. The van der Waals surface area contributed by atoms with Crippen molar-refractivity contribution in [2.24, 2.45) is 0 Å². The quantitative estimate of drug-likeness (QED) is 0.710. The second kappa shape index (κ2) is 8.02. The van der Waals surface area contributed by atoms with Crippen LogP contribution in [0, 0.1) is 6.92 Å². The molecule has 1 aromatic carbocycles. The summed E-state index contributed by atoms with van der Waals surface area (Å²) in [5, 5.41) is 13.0. The summed E-state index contributed by atoms with van der Waals surface area (Å²) in [7, 11) is 1.69. The third kappa shape index (κ3) is 5.09. The zero-order chi connectivity index (χ0) is 14.3. The van der Waals surface area contributed by atoms with E-state index < -0.39 is 0 Å². The van der Waals surface area contributed by atoms with Crippen LogP contribution in [-0.4, -0.2) is 38.5 Å². The van der Waals surface area contributed by atoms with Crippen LogP contribution < -0.4 is 10.1 Å². The largest absolute Gasteiger partial charge is 0.508 e. The lowest BCUT2D eigenvalue weighted by Crippen LogP contribution is -2.24. The van der Waals surface area contributed by atoms with Crippen LogP contribution >= 0.6 is 0 Å². The van der Waals surface area contributed by atoms with Crippen molar-refractivity contribution in [2.45, 2.75) is 26.7 Å². The Balaban J connectivity index is 2.54. The molecule has 0 saturated heterocycles. The van der Waals surface area contributed by atoms with Crippen LogP contribution in [0.5, 0.6) is 11.5 Å². The van der Waals surface area contributed by atoms with E-state index in [-0.39, 0.29) is 0 Å². The van der Waals surface area contributed by atoms with Gasteiger partial charge in [-0.1, -0.05) is 13.8 Å². The number of aryl methyl sites for hydroxylation is 1. The first-order valence-corrected chi connectivity index (χ1v) is 6.72. The number of phenolic OH excluding ortho intramolecular Hbond substituents is 1. The average molecular weight is 267 g/mol. The van der Waals surface area contributed by atoms with Crippen LogP contribution in [0.2, 0.25) is 0 Å². The first kappa shape index (κ1) is 15.8. The topological polar surface area (TPSA) is 50.7 Å². The summed E-state index contributed by atoms with van der Waals surface area (Å²) in [6.45, 7) is 8.97. The third-order valence-electron chi connectivity index (χ3n) is 2.97. The maximum absolute atomic E-state index is 9.76. The van der Waals surface area contributed by atoms with E-state index in [1.807, 2.05) is 13.0 Å². The number of benzene rings is 1. The van der Waals surface area contributed by atoms with Crippen LogP contribution in [0.15, 0.2) is 12.1 Å². The molecule has 0 heterocycles. The normalized spacial score (nSPS) is 11.0. The second-order valence-corrected chi connectivity index (χ2v) is 4.92. The molecular formula is C15H25NO3. The molecule has 0 radical (unpaired) electrons. The third-order valence-corrected chi connectivity index (χ3v) is 2.97. The standard InChI is InChI=1S/C15H25NO3/c1-11(2)13-10-14(17)12(3)9-15(13)19-8-6-16-5-7-18-4/h9-11,16-17H,5-8H2,1-4H3. The fourth-order valence-corrected chi connectivity index (χ4v) is 1.79. The minimum atomic E-state index is 0.322. The monoisotopic (exact) mass is 267 g/mol. The maximum atomic E-state index is 9.76. The molecule has 2 N–H and O–H groups in total. The molecule has 4 heteroatoms. The molecule has 0 aliphatic carbocycles. The number of hydrogen-bond donors (Lipinski definition) is 2. The summed E-state index contributed by atoms with van der Waals surface area (Å²) in [6, 6.07) is 3.70. The van der Waals surface area contributed by atoms with E-state index >= 15 is 0 Å². The highest BCUT2D eigenvalue weighted by Gasteiger charge is 2.11. The van der Waals surface area contributed by atoms with Gasteiger partial charge in [-0.25, -0.2) is 0 Å². The van der Waals surface area contributed by atoms with Crippen LogP contribution in [0.4, 0.5) is 0 Å². The molecule has 108 valence electrons. The summed E-state index contributed by atoms with van der Waals surface area (Å²) in [5.41, 5.74) is 1.88. The molecule has 0 amide bonds. The van der Waals surface area contributed by atoms with E-state index in [2.05, 4.69) is 19.2 Å². The van der Waals surface area contributed by atoms with Crippen molar-refractivity contribution in [2.75, 3.05) is 33.4 Å². The molecule has 0 fully saturated rings. The van der Waals surface area contributed by atoms with E-state index in [0.717, 1.165) is 30.0 Å². The Morgan fingerprint density at radius 3 is 2.53 bits per heavy atom. The molecule has 0 saturated carbocycles. The van der Waals surface area contributed by atoms with E-state index in [4.69, 9.17) is 9.47 Å². The second-order valence-electron chi connectivity index (χ2n) is 4.92. The van der Waals surface area contributed by atoms with E-state index in [1.165, 1.54) is 0 Å². The van der Waals surface area contributed by atoms with Crippen molar-refractivity contribution < 1.29 is 14.6 Å². The molecular weight excluding hydrogens is 242 g/mol. The molecule has 4 nitrogen and oxygen atoms in total. The lowest BCUT2D eigenvalue weighted by molar-refractivity contribution is 0.196. The van der Waals surface area contributed by atoms with Gasteiger partial charge in [0.1, 0.15) is 18.1 Å². The van der Waals surface area contributed by atoms with Gasteiger partial charge in [-0.2, -0.15) is 0 Å². The lowest BCUT2D eigenvalue weighted by Gasteiger charge is -2.16. The first-order valence-electron chi connectivity index (χ1n) is 6.72. The van der Waals surface area contributed by atoms with Crippen LogP contribution in [0.25, 0.3) is 0 Å². The summed E-state index contributed by atoms with van der Waals surface area (Å²) in [6.07, 6.45) is 0. The Morgan fingerprint density at radius 2 is 1.89 bits per heavy atom. The Bertz CT molecular complexity index is 391. The molecule has 0 unspecified atom stereocenters. The van der Waals surface area contributed by atoms with Crippen molar-refractivity contribution in [3.8, 4) is 11.5 Å². The summed E-state index contributed by atoms with van der Waals surface area (Å²) in [5.74, 6) is 1.51. The van der Waals surface area contributed by atoms with Gasteiger partial charge >= 0.3 is 0 Å². The number of rotatable bonds is 8. The minimum absolute atomic E-state index is 0.322. The SMILES string of the molecule is COCCNCCOc1cc(C)c(O)cc1C(C)C. The summed E-state index contributed by atoms with van der Waals surface area (Å²) in [4.78, 5) is 0. The first-order chi connectivity index (χ1) is 9.06. The van der Waals surface area contributed by atoms with Gasteiger partial charge in [-0.3, -0.25) is 0 Å². The fourth-order valence-electron chi connectivity index (χ4n) is 1.79. The van der Waals surface area contributed by atoms with Gasteiger partial charge in [0.15, 0.2) is 0 Å². The number of nitrogens with one attached hydrogen (secondary N) is 1. The Hall–Kier alpha value is -1.26. The molecule has 0 aromatic heterocycles. The number of ether oxygens (including phenoxy) is 2. The minimum Gasteiger partial charge on any atom is -0.508 e. The molecule has 19 heavy (non-hydrogen) atoms. The number of aromatic hydroxyl groups is 1. The van der Waals surface area contributed by atoms with E-state index in [0.29, 0.717) is 24.9 Å². The zero-order valence-corrected chi connectivity index (χ0v) is 12.3. The van der Waals surface area contributed by atoms with Gasteiger partial charge in [0.2, 0.25) is 0 Å². The molecule has 0 spiro atoms. The van der Waals surface area contributed by atoms with Gasteiger partial charge < -0.3 is 19.9 Å². The van der Waals surface area contributed by atoms with E-state index in [9.17, 15) is 5.11 Å². The van der Waals surface area contributed by atoms with Crippen LogP contribution in [0.3, 0.4) is 0 Å². The number of hydrogen-bond acceptors (Lipinski definition) is 4. The lowest BCUT2D eigenvalue weighted by atomic mass is 10.00.